The van der Waals surface area contributed by atoms with Gasteiger partial charge in [0.1, 0.15) is 17.5 Å². The maximum absolute atomic E-state index is 14.4. The average molecular weight is 359 g/mol. The van der Waals surface area contributed by atoms with E-state index in [1.54, 1.807) is 13.8 Å². The molecule has 2 atom stereocenters. The van der Waals surface area contributed by atoms with Crippen molar-refractivity contribution in [3.05, 3.63) is 52.2 Å². The quantitative estimate of drug-likeness (QED) is 0.875. The van der Waals surface area contributed by atoms with Crippen LogP contribution in [0.1, 0.15) is 53.5 Å². The molecule has 0 aliphatic carbocycles. The zero-order chi connectivity index (χ0) is 16.7. The third kappa shape index (κ3) is 3.06. The Kier molecular flexibility index (Phi) is 5.35. The van der Waals surface area contributed by atoms with Crippen LogP contribution in [0.4, 0.5) is 19.0 Å². The summed E-state index contributed by atoms with van der Waals surface area (Å²) >= 11 is 0. The predicted molar refractivity (Wildman–Crippen MR) is 87.8 cm³/mol. The van der Waals surface area contributed by atoms with E-state index in [9.17, 15) is 13.2 Å². The van der Waals surface area contributed by atoms with E-state index in [0.717, 1.165) is 17.3 Å². The number of fused-ring (bicyclic) bond motifs is 1. The van der Waals surface area contributed by atoms with Crippen molar-refractivity contribution in [2.24, 2.45) is 0 Å². The number of hydrogen-bond donors (Lipinski definition) is 2. The lowest BCUT2D eigenvalue weighted by Gasteiger charge is -2.23. The molecule has 0 radical (unpaired) electrons. The number of halogens is 4. The van der Waals surface area contributed by atoms with Crippen LogP contribution in [-0.2, 0) is 6.54 Å². The minimum Gasteiger partial charge on any atom is -0.383 e. The van der Waals surface area contributed by atoms with Crippen LogP contribution in [0.2, 0.25) is 0 Å². The molecule has 0 bridgehead atoms. The fourth-order valence-corrected chi connectivity index (χ4v) is 3.14. The van der Waals surface area contributed by atoms with Crippen LogP contribution in [0.3, 0.4) is 0 Å². The number of hydrogen-bond acceptors (Lipinski definition) is 4. The molecular formula is C16H18ClF3N4. The second kappa shape index (κ2) is 6.94. The molecule has 0 fully saturated rings. The van der Waals surface area contributed by atoms with Gasteiger partial charge in [-0.3, -0.25) is 0 Å². The SMILES string of the molecule is Cc1nc(N)c2c(n1)CN[C@@H]2C(C)c1cccc(C(F)F)c1F.Cl. The van der Waals surface area contributed by atoms with Gasteiger partial charge in [0.05, 0.1) is 11.3 Å². The van der Waals surface area contributed by atoms with E-state index in [-0.39, 0.29) is 29.9 Å². The Morgan fingerprint density at radius 2 is 1.92 bits per heavy atom. The van der Waals surface area contributed by atoms with E-state index >= 15 is 0 Å². The number of nitrogen functional groups attached to an aromatic ring is 1. The number of aryl methyl sites for hydroxylation is 1. The largest absolute Gasteiger partial charge is 0.383 e. The van der Waals surface area contributed by atoms with Crippen molar-refractivity contribution in [1.82, 2.24) is 15.3 Å². The van der Waals surface area contributed by atoms with Crippen LogP contribution >= 0.6 is 12.4 Å². The van der Waals surface area contributed by atoms with E-state index in [4.69, 9.17) is 5.73 Å². The fourth-order valence-electron chi connectivity index (χ4n) is 3.14. The summed E-state index contributed by atoms with van der Waals surface area (Å²) in [6, 6.07) is 3.76. The fraction of sp³-hybridized carbons (Fsp3) is 0.375. The van der Waals surface area contributed by atoms with Gasteiger partial charge in [0.25, 0.3) is 6.43 Å². The third-order valence-electron chi connectivity index (χ3n) is 4.25. The summed E-state index contributed by atoms with van der Waals surface area (Å²) in [6.45, 7) is 4.02. The number of alkyl halides is 2. The van der Waals surface area contributed by atoms with Gasteiger partial charge in [-0.05, 0) is 12.5 Å². The van der Waals surface area contributed by atoms with Gasteiger partial charge in [0.2, 0.25) is 0 Å². The van der Waals surface area contributed by atoms with Crippen molar-refractivity contribution < 1.29 is 13.2 Å². The smallest absolute Gasteiger partial charge is 0.266 e. The number of anilines is 1. The molecule has 130 valence electrons. The number of rotatable bonds is 3. The number of nitrogens with two attached hydrogens (primary N) is 1. The molecular weight excluding hydrogens is 341 g/mol. The van der Waals surface area contributed by atoms with Crippen molar-refractivity contribution in [2.45, 2.75) is 38.8 Å². The van der Waals surface area contributed by atoms with Crippen LogP contribution in [0, 0.1) is 12.7 Å². The summed E-state index contributed by atoms with van der Waals surface area (Å²) in [6.07, 6.45) is -2.85. The maximum atomic E-state index is 14.4. The molecule has 24 heavy (non-hydrogen) atoms. The molecule has 0 saturated heterocycles. The lowest BCUT2D eigenvalue weighted by atomic mass is 9.88. The molecule has 0 amide bonds. The molecule has 8 heteroatoms. The van der Waals surface area contributed by atoms with E-state index in [0.29, 0.717) is 18.2 Å². The monoisotopic (exact) mass is 358 g/mol. The molecule has 2 aromatic rings. The molecule has 0 saturated carbocycles. The van der Waals surface area contributed by atoms with Gasteiger partial charge in [0.15, 0.2) is 0 Å². The Morgan fingerprint density at radius 3 is 2.58 bits per heavy atom. The summed E-state index contributed by atoms with van der Waals surface area (Å²) < 4.78 is 40.2. The standard InChI is InChI=1S/C16H17F3N4.ClH/c1-7(9-4-3-5-10(13(9)17)15(18)19)14-12-11(6-21-14)22-8(2)23-16(12)20;/h3-5,7,14-15,21H,6H2,1-2H3,(H2,20,22,23);1H/t7?,14-;/m1./s1. The van der Waals surface area contributed by atoms with Gasteiger partial charge in [0, 0.05) is 24.1 Å². The lowest BCUT2D eigenvalue weighted by Crippen LogP contribution is -2.20. The molecule has 1 unspecified atom stereocenters. The van der Waals surface area contributed by atoms with Crippen molar-refractivity contribution >= 4 is 18.2 Å². The molecule has 2 heterocycles. The zero-order valence-corrected chi connectivity index (χ0v) is 14.0. The van der Waals surface area contributed by atoms with Crippen LogP contribution < -0.4 is 11.1 Å². The predicted octanol–water partition coefficient (Wildman–Crippen LogP) is 3.81. The Balaban J connectivity index is 0.00000208. The molecule has 0 spiro atoms. The van der Waals surface area contributed by atoms with E-state index in [2.05, 4.69) is 15.3 Å². The van der Waals surface area contributed by atoms with Gasteiger partial charge in [-0.1, -0.05) is 25.1 Å². The summed E-state index contributed by atoms with van der Waals surface area (Å²) in [5.41, 5.74) is 7.14. The topological polar surface area (TPSA) is 63.8 Å². The van der Waals surface area contributed by atoms with Crippen molar-refractivity contribution in [2.75, 3.05) is 5.73 Å². The molecule has 3 N–H and O–H groups in total. The Bertz CT molecular complexity index is 754. The van der Waals surface area contributed by atoms with Gasteiger partial charge in [-0.15, -0.1) is 12.4 Å². The molecule has 3 rings (SSSR count). The highest BCUT2D eigenvalue weighted by molar-refractivity contribution is 5.85. The first-order chi connectivity index (χ1) is 10.9. The van der Waals surface area contributed by atoms with Gasteiger partial charge < -0.3 is 11.1 Å². The van der Waals surface area contributed by atoms with Crippen molar-refractivity contribution in [1.29, 1.82) is 0 Å². The van der Waals surface area contributed by atoms with Crippen LogP contribution in [0.25, 0.3) is 0 Å². The summed E-state index contributed by atoms with van der Waals surface area (Å²) in [5.74, 6) is -0.331. The minimum absolute atomic E-state index is 0. The first kappa shape index (κ1) is 18.5. The second-order valence-corrected chi connectivity index (χ2v) is 5.71. The first-order valence-electron chi connectivity index (χ1n) is 7.33. The van der Waals surface area contributed by atoms with Crippen LogP contribution in [0.15, 0.2) is 18.2 Å². The summed E-state index contributed by atoms with van der Waals surface area (Å²) in [4.78, 5) is 8.49. The van der Waals surface area contributed by atoms with Gasteiger partial charge in [-0.2, -0.15) is 0 Å². The maximum Gasteiger partial charge on any atom is 0.266 e. The first-order valence-corrected chi connectivity index (χ1v) is 7.33. The molecule has 1 aromatic heterocycles. The Labute approximate surface area is 144 Å². The highest BCUT2D eigenvalue weighted by Gasteiger charge is 2.33. The molecule has 1 aliphatic heterocycles. The molecule has 4 nitrogen and oxygen atoms in total. The van der Waals surface area contributed by atoms with Crippen LogP contribution in [-0.4, -0.2) is 9.97 Å². The number of aromatic nitrogens is 2. The Morgan fingerprint density at radius 1 is 1.25 bits per heavy atom. The van der Waals surface area contributed by atoms with Crippen LogP contribution in [0.5, 0.6) is 0 Å². The second-order valence-electron chi connectivity index (χ2n) is 5.71. The Hall–Kier alpha value is -1.86. The normalized spacial score (nSPS) is 17.5. The molecule has 1 aliphatic rings. The highest BCUT2D eigenvalue weighted by atomic mass is 35.5. The van der Waals surface area contributed by atoms with E-state index < -0.39 is 17.8 Å². The van der Waals surface area contributed by atoms with Crippen molar-refractivity contribution in [3.8, 4) is 0 Å². The summed E-state index contributed by atoms with van der Waals surface area (Å²) in [7, 11) is 0. The number of benzene rings is 1. The molecule has 1 aromatic carbocycles. The lowest BCUT2D eigenvalue weighted by molar-refractivity contribution is 0.146. The van der Waals surface area contributed by atoms with E-state index in [1.165, 1.54) is 12.1 Å². The minimum atomic E-state index is -2.85. The van der Waals surface area contributed by atoms with E-state index in [1.807, 2.05) is 0 Å². The zero-order valence-electron chi connectivity index (χ0n) is 13.2. The van der Waals surface area contributed by atoms with Crippen molar-refractivity contribution in [3.63, 3.8) is 0 Å². The average Bonchev–Trinajstić information content (AvgIpc) is 2.90. The number of nitrogens with zero attached hydrogens (tertiary/aromatic N) is 2. The number of nitrogens with one attached hydrogen (secondary N) is 1. The highest BCUT2D eigenvalue weighted by Crippen LogP contribution is 2.40. The van der Waals surface area contributed by atoms with Gasteiger partial charge in [-0.25, -0.2) is 23.1 Å². The van der Waals surface area contributed by atoms with Gasteiger partial charge >= 0.3 is 0 Å². The summed E-state index contributed by atoms with van der Waals surface area (Å²) in [5, 5.41) is 3.23. The third-order valence-corrected chi connectivity index (χ3v) is 4.25.